The van der Waals surface area contributed by atoms with E-state index in [-0.39, 0.29) is 0 Å². The molecule has 24 heavy (non-hydrogen) atoms. The van der Waals surface area contributed by atoms with E-state index in [9.17, 15) is 0 Å². The number of ether oxygens (including phenoxy) is 2. The van der Waals surface area contributed by atoms with Crippen LogP contribution in [0.15, 0.2) is 42.7 Å². The first-order valence-electron chi connectivity index (χ1n) is 8.12. The number of rotatable bonds is 2. The minimum atomic E-state index is 0.293. The van der Waals surface area contributed by atoms with Gasteiger partial charge in [0.05, 0.1) is 6.04 Å². The Morgan fingerprint density at radius 2 is 1.92 bits per heavy atom. The lowest BCUT2D eigenvalue weighted by Crippen LogP contribution is -2.23. The predicted molar refractivity (Wildman–Crippen MR) is 89.2 cm³/mol. The Morgan fingerprint density at radius 1 is 1.00 bits per heavy atom. The second-order valence-corrected chi connectivity index (χ2v) is 6.03. The van der Waals surface area contributed by atoms with Crippen molar-refractivity contribution in [2.24, 2.45) is 0 Å². The van der Waals surface area contributed by atoms with Gasteiger partial charge < -0.3 is 14.4 Å². The van der Waals surface area contributed by atoms with Gasteiger partial charge in [0, 0.05) is 18.9 Å². The van der Waals surface area contributed by atoms with Crippen LogP contribution in [0.1, 0.15) is 24.4 Å². The van der Waals surface area contributed by atoms with Crippen molar-refractivity contribution in [3.8, 4) is 11.5 Å². The molecule has 0 saturated carbocycles. The van der Waals surface area contributed by atoms with E-state index in [1.807, 2.05) is 18.2 Å². The highest BCUT2D eigenvalue weighted by molar-refractivity contribution is 5.72. The summed E-state index contributed by atoms with van der Waals surface area (Å²) in [7, 11) is 0. The zero-order valence-corrected chi connectivity index (χ0v) is 13.1. The fourth-order valence-electron chi connectivity index (χ4n) is 3.51. The first-order chi connectivity index (χ1) is 11.9. The van der Waals surface area contributed by atoms with Crippen LogP contribution in [0.5, 0.6) is 11.5 Å². The summed E-state index contributed by atoms with van der Waals surface area (Å²) in [5, 5.41) is 0. The molecule has 0 spiro atoms. The lowest BCUT2D eigenvalue weighted by Gasteiger charge is -2.26. The molecule has 3 aromatic rings. The molecule has 1 aromatic carbocycles. The molecular formula is C18H16N4O2. The lowest BCUT2D eigenvalue weighted by atomic mass is 10.0. The SMILES string of the molecule is c1cnc2nc(N3CCCC3c3ccc4c(c3)OCO4)ccc2n1. The zero-order chi connectivity index (χ0) is 15.9. The van der Waals surface area contributed by atoms with Gasteiger partial charge in [-0.3, -0.25) is 4.98 Å². The first-order valence-corrected chi connectivity index (χ1v) is 8.12. The molecule has 0 N–H and O–H groups in total. The standard InChI is InChI=1S/C18H16N4O2/c1-2-14(12-3-5-15-16(10-12)24-11-23-15)22(9-1)17-6-4-13-18(21-17)20-8-7-19-13/h3-8,10,14H,1-2,9,11H2. The van der Waals surface area contributed by atoms with E-state index >= 15 is 0 Å². The first kappa shape index (κ1) is 13.5. The molecule has 0 amide bonds. The Labute approximate surface area is 139 Å². The molecule has 1 saturated heterocycles. The molecular weight excluding hydrogens is 304 g/mol. The van der Waals surface area contributed by atoms with Crippen molar-refractivity contribution < 1.29 is 9.47 Å². The minimum Gasteiger partial charge on any atom is -0.454 e. The molecule has 0 bridgehead atoms. The number of nitrogens with zero attached hydrogens (tertiary/aromatic N) is 4. The van der Waals surface area contributed by atoms with Gasteiger partial charge in [-0.05, 0) is 42.7 Å². The quantitative estimate of drug-likeness (QED) is 0.723. The molecule has 6 nitrogen and oxygen atoms in total. The number of pyridine rings is 1. The van der Waals surface area contributed by atoms with Crippen LogP contribution in [0.3, 0.4) is 0 Å². The summed E-state index contributed by atoms with van der Waals surface area (Å²) in [5.41, 5.74) is 2.74. The second-order valence-electron chi connectivity index (χ2n) is 6.03. The van der Waals surface area contributed by atoms with E-state index in [2.05, 4.69) is 27.0 Å². The van der Waals surface area contributed by atoms with Crippen molar-refractivity contribution in [3.63, 3.8) is 0 Å². The number of hydrogen-bond donors (Lipinski definition) is 0. The Hall–Kier alpha value is -2.89. The van der Waals surface area contributed by atoms with Gasteiger partial charge in [-0.2, -0.15) is 0 Å². The van der Waals surface area contributed by atoms with Crippen molar-refractivity contribution in [3.05, 3.63) is 48.3 Å². The van der Waals surface area contributed by atoms with Crippen molar-refractivity contribution in [2.45, 2.75) is 18.9 Å². The van der Waals surface area contributed by atoms with Crippen LogP contribution in [0, 0.1) is 0 Å². The number of anilines is 1. The molecule has 1 unspecified atom stereocenters. The highest BCUT2D eigenvalue weighted by Crippen LogP contribution is 2.40. The summed E-state index contributed by atoms with van der Waals surface area (Å²) < 4.78 is 10.9. The maximum absolute atomic E-state index is 5.52. The summed E-state index contributed by atoms with van der Waals surface area (Å²) in [5.74, 6) is 2.60. The average molecular weight is 320 g/mol. The molecule has 5 rings (SSSR count). The molecule has 2 aliphatic heterocycles. The maximum atomic E-state index is 5.52. The van der Waals surface area contributed by atoms with Crippen molar-refractivity contribution in [2.75, 3.05) is 18.2 Å². The van der Waals surface area contributed by atoms with Gasteiger partial charge in [-0.15, -0.1) is 0 Å². The summed E-state index contributed by atoms with van der Waals surface area (Å²) >= 11 is 0. The van der Waals surface area contributed by atoms with E-state index in [0.29, 0.717) is 18.5 Å². The van der Waals surface area contributed by atoms with E-state index in [0.717, 1.165) is 42.2 Å². The summed E-state index contributed by atoms with van der Waals surface area (Å²) in [6.45, 7) is 1.29. The molecule has 6 heteroatoms. The third kappa shape index (κ3) is 2.14. The van der Waals surface area contributed by atoms with Crippen molar-refractivity contribution in [1.82, 2.24) is 15.0 Å². The van der Waals surface area contributed by atoms with Crippen molar-refractivity contribution in [1.29, 1.82) is 0 Å². The largest absolute Gasteiger partial charge is 0.454 e. The number of aromatic nitrogens is 3. The molecule has 2 aliphatic rings. The summed E-state index contributed by atoms with van der Waals surface area (Å²) in [4.78, 5) is 15.7. The smallest absolute Gasteiger partial charge is 0.231 e. The Bertz CT molecular complexity index is 914. The van der Waals surface area contributed by atoms with Gasteiger partial charge in [0.15, 0.2) is 17.1 Å². The maximum Gasteiger partial charge on any atom is 0.231 e. The third-order valence-corrected chi connectivity index (χ3v) is 4.65. The van der Waals surface area contributed by atoms with Gasteiger partial charge in [-0.1, -0.05) is 6.07 Å². The van der Waals surface area contributed by atoms with Crippen LogP contribution in [0.25, 0.3) is 11.2 Å². The van der Waals surface area contributed by atoms with Crippen molar-refractivity contribution >= 4 is 17.0 Å². The fourth-order valence-corrected chi connectivity index (χ4v) is 3.51. The van der Waals surface area contributed by atoms with E-state index in [1.165, 1.54) is 5.56 Å². The number of fused-ring (bicyclic) bond motifs is 2. The van der Waals surface area contributed by atoms with Crippen LogP contribution >= 0.6 is 0 Å². The van der Waals surface area contributed by atoms with Crippen LogP contribution in [-0.4, -0.2) is 28.3 Å². The topological polar surface area (TPSA) is 60.4 Å². The van der Waals surface area contributed by atoms with Gasteiger partial charge >= 0.3 is 0 Å². The number of benzene rings is 1. The molecule has 1 atom stereocenters. The molecule has 2 aromatic heterocycles. The fraction of sp³-hybridized carbons (Fsp3) is 0.278. The Morgan fingerprint density at radius 3 is 2.92 bits per heavy atom. The lowest BCUT2D eigenvalue weighted by molar-refractivity contribution is 0.174. The van der Waals surface area contributed by atoms with Crippen LogP contribution in [0.4, 0.5) is 5.82 Å². The van der Waals surface area contributed by atoms with Gasteiger partial charge in [-0.25, -0.2) is 9.97 Å². The average Bonchev–Trinajstić information content (AvgIpc) is 3.29. The molecule has 120 valence electrons. The summed E-state index contributed by atoms with van der Waals surface area (Å²) in [6.07, 6.45) is 5.60. The highest BCUT2D eigenvalue weighted by atomic mass is 16.7. The third-order valence-electron chi connectivity index (χ3n) is 4.65. The molecule has 0 aliphatic carbocycles. The Kier molecular flexibility index (Phi) is 3.01. The number of hydrogen-bond acceptors (Lipinski definition) is 6. The van der Waals surface area contributed by atoms with E-state index in [1.54, 1.807) is 12.4 Å². The van der Waals surface area contributed by atoms with E-state index < -0.39 is 0 Å². The van der Waals surface area contributed by atoms with Crippen LogP contribution in [-0.2, 0) is 0 Å². The normalized spacial score (nSPS) is 19.2. The zero-order valence-electron chi connectivity index (χ0n) is 13.1. The molecule has 4 heterocycles. The molecule has 0 radical (unpaired) electrons. The minimum absolute atomic E-state index is 0.293. The van der Waals surface area contributed by atoms with Crippen LogP contribution < -0.4 is 14.4 Å². The van der Waals surface area contributed by atoms with Gasteiger partial charge in [0.1, 0.15) is 11.3 Å². The second kappa shape index (κ2) is 5.33. The summed E-state index contributed by atoms with van der Waals surface area (Å²) in [6, 6.07) is 10.5. The highest BCUT2D eigenvalue weighted by Gasteiger charge is 2.28. The van der Waals surface area contributed by atoms with Gasteiger partial charge in [0.25, 0.3) is 0 Å². The monoisotopic (exact) mass is 320 g/mol. The van der Waals surface area contributed by atoms with Gasteiger partial charge in [0.2, 0.25) is 6.79 Å². The Balaban J connectivity index is 1.52. The molecule has 1 fully saturated rings. The predicted octanol–water partition coefficient (Wildman–Crippen LogP) is 3.10. The van der Waals surface area contributed by atoms with Crippen LogP contribution in [0.2, 0.25) is 0 Å². The van der Waals surface area contributed by atoms with E-state index in [4.69, 9.17) is 14.5 Å².